The summed E-state index contributed by atoms with van der Waals surface area (Å²) in [6.45, 7) is 2.92. The van der Waals surface area contributed by atoms with Crippen molar-refractivity contribution in [1.82, 2.24) is 10.2 Å². The SMILES string of the molecule is Cc1cc(C)cc(N(CC(=O)N(Cc2ccccc2F)C(Cc2ccccc2)C(=O)NC2CCCCC2)S(=O)(=O)c2ccccc2)c1. The number of aryl methyl sites for hydroxylation is 2. The maximum Gasteiger partial charge on any atom is 0.264 e. The monoisotopic (exact) mass is 655 g/mol. The fourth-order valence-electron chi connectivity index (χ4n) is 6.25. The number of carbonyl (C=O) groups is 2. The predicted molar refractivity (Wildman–Crippen MR) is 183 cm³/mol. The summed E-state index contributed by atoms with van der Waals surface area (Å²) in [4.78, 5) is 30.2. The standard InChI is InChI=1S/C38H42FN3O4S/c1-28-22-29(2)24-33(23-28)42(47(45,46)34-19-10-5-11-20-34)27-37(43)41(26-31-16-12-13-21-35(31)39)36(25-30-14-6-3-7-15-30)38(44)40-32-17-8-4-9-18-32/h3,5-7,10-16,19-24,32,36H,4,8-9,17-18,25-27H2,1-2H3,(H,40,44). The van der Waals surface area contributed by atoms with Crippen LogP contribution in [-0.4, -0.2) is 43.8 Å². The first-order valence-corrected chi connectivity index (χ1v) is 17.6. The number of rotatable bonds is 12. The normalized spacial score (nSPS) is 14.3. The fourth-order valence-corrected chi connectivity index (χ4v) is 7.67. The van der Waals surface area contributed by atoms with E-state index in [1.54, 1.807) is 48.5 Å². The van der Waals surface area contributed by atoms with Crippen molar-refractivity contribution in [1.29, 1.82) is 0 Å². The van der Waals surface area contributed by atoms with E-state index < -0.39 is 34.3 Å². The highest BCUT2D eigenvalue weighted by Gasteiger charge is 2.36. The summed E-state index contributed by atoms with van der Waals surface area (Å²) in [5, 5.41) is 3.17. The molecule has 0 saturated heterocycles. The van der Waals surface area contributed by atoms with Gasteiger partial charge in [-0.25, -0.2) is 12.8 Å². The first-order chi connectivity index (χ1) is 22.6. The first kappa shape index (κ1) is 33.9. The molecule has 0 spiro atoms. The summed E-state index contributed by atoms with van der Waals surface area (Å²) in [6, 6.07) is 27.8. The number of anilines is 1. The quantitative estimate of drug-likeness (QED) is 0.184. The smallest absolute Gasteiger partial charge is 0.264 e. The number of hydrogen-bond acceptors (Lipinski definition) is 4. The summed E-state index contributed by atoms with van der Waals surface area (Å²) in [5.74, 6) is -1.47. The Morgan fingerprint density at radius 1 is 0.830 bits per heavy atom. The highest BCUT2D eigenvalue weighted by molar-refractivity contribution is 7.92. The minimum absolute atomic E-state index is 0.0230. The zero-order valence-electron chi connectivity index (χ0n) is 26.9. The van der Waals surface area contributed by atoms with Crippen molar-refractivity contribution in [3.05, 3.63) is 131 Å². The van der Waals surface area contributed by atoms with Gasteiger partial charge >= 0.3 is 0 Å². The number of sulfonamides is 1. The van der Waals surface area contributed by atoms with Crippen molar-refractivity contribution in [2.45, 2.75) is 75.9 Å². The molecule has 246 valence electrons. The van der Waals surface area contributed by atoms with Crippen molar-refractivity contribution in [3.63, 3.8) is 0 Å². The van der Waals surface area contributed by atoms with Crippen LogP contribution in [0.3, 0.4) is 0 Å². The predicted octanol–water partition coefficient (Wildman–Crippen LogP) is 6.73. The minimum atomic E-state index is -4.21. The van der Waals surface area contributed by atoms with Crippen LogP contribution in [0.4, 0.5) is 10.1 Å². The highest BCUT2D eigenvalue weighted by Crippen LogP contribution is 2.27. The molecule has 5 rings (SSSR count). The van der Waals surface area contributed by atoms with Crippen LogP contribution in [-0.2, 0) is 32.6 Å². The van der Waals surface area contributed by atoms with E-state index in [0.717, 1.165) is 53.1 Å². The zero-order chi connectivity index (χ0) is 33.4. The Morgan fingerprint density at radius 3 is 2.06 bits per heavy atom. The summed E-state index contributed by atoms with van der Waals surface area (Å²) < 4.78 is 44.7. The Labute approximate surface area is 277 Å². The van der Waals surface area contributed by atoms with Gasteiger partial charge in [-0.2, -0.15) is 0 Å². The van der Waals surface area contributed by atoms with Gasteiger partial charge in [-0.05, 0) is 73.7 Å². The molecule has 9 heteroatoms. The van der Waals surface area contributed by atoms with Crippen molar-refractivity contribution >= 4 is 27.5 Å². The highest BCUT2D eigenvalue weighted by atomic mass is 32.2. The second-order valence-electron chi connectivity index (χ2n) is 12.3. The molecule has 0 aliphatic heterocycles. The van der Waals surface area contributed by atoms with Crippen LogP contribution in [0.2, 0.25) is 0 Å². The van der Waals surface area contributed by atoms with Crippen molar-refractivity contribution in [2.75, 3.05) is 10.8 Å². The summed E-state index contributed by atoms with van der Waals surface area (Å²) in [7, 11) is -4.21. The third kappa shape index (κ3) is 8.65. The maximum absolute atomic E-state index is 15.2. The van der Waals surface area contributed by atoms with E-state index in [1.165, 1.54) is 23.1 Å². The zero-order valence-corrected chi connectivity index (χ0v) is 27.8. The van der Waals surface area contributed by atoms with E-state index in [2.05, 4.69) is 5.32 Å². The molecule has 0 heterocycles. The van der Waals surface area contributed by atoms with Crippen LogP contribution in [0.15, 0.2) is 108 Å². The van der Waals surface area contributed by atoms with E-state index in [1.807, 2.05) is 50.2 Å². The van der Waals surface area contributed by atoms with Crippen molar-refractivity contribution in [2.24, 2.45) is 0 Å². The van der Waals surface area contributed by atoms with Gasteiger partial charge in [0.25, 0.3) is 10.0 Å². The van der Waals surface area contributed by atoms with Crippen LogP contribution >= 0.6 is 0 Å². The molecule has 4 aromatic rings. The van der Waals surface area contributed by atoms with Crippen LogP contribution in [0.1, 0.15) is 54.4 Å². The molecule has 2 amide bonds. The number of hydrogen-bond donors (Lipinski definition) is 1. The van der Waals surface area contributed by atoms with E-state index in [0.29, 0.717) is 5.69 Å². The lowest BCUT2D eigenvalue weighted by Crippen LogP contribution is -2.55. The second-order valence-corrected chi connectivity index (χ2v) is 14.2. The number of amides is 2. The maximum atomic E-state index is 15.2. The third-order valence-corrected chi connectivity index (χ3v) is 10.4. The van der Waals surface area contributed by atoms with E-state index in [9.17, 15) is 18.0 Å². The summed E-state index contributed by atoms with van der Waals surface area (Å²) in [5.41, 5.74) is 3.05. The Morgan fingerprint density at radius 2 is 1.43 bits per heavy atom. The van der Waals surface area contributed by atoms with Crippen LogP contribution in [0.5, 0.6) is 0 Å². The van der Waals surface area contributed by atoms with Gasteiger partial charge in [0.05, 0.1) is 10.6 Å². The minimum Gasteiger partial charge on any atom is -0.352 e. The molecular formula is C38H42FN3O4S. The molecule has 1 fully saturated rings. The number of nitrogens with zero attached hydrogens (tertiary/aromatic N) is 2. The largest absolute Gasteiger partial charge is 0.352 e. The molecule has 1 unspecified atom stereocenters. The molecule has 0 radical (unpaired) electrons. The van der Waals surface area contributed by atoms with E-state index in [4.69, 9.17) is 0 Å². The van der Waals surface area contributed by atoms with Gasteiger partial charge in [0, 0.05) is 24.6 Å². The van der Waals surface area contributed by atoms with Gasteiger partial charge in [-0.15, -0.1) is 0 Å². The van der Waals surface area contributed by atoms with Crippen LogP contribution in [0.25, 0.3) is 0 Å². The van der Waals surface area contributed by atoms with E-state index >= 15 is 4.39 Å². The molecule has 1 atom stereocenters. The average Bonchev–Trinajstić information content (AvgIpc) is 3.06. The van der Waals surface area contributed by atoms with Crippen molar-refractivity contribution < 1.29 is 22.4 Å². The van der Waals surface area contributed by atoms with Gasteiger partial charge < -0.3 is 10.2 Å². The van der Waals surface area contributed by atoms with Gasteiger partial charge in [0.2, 0.25) is 11.8 Å². The number of benzene rings is 4. The Hall–Kier alpha value is -4.50. The Bertz CT molecular complexity index is 1760. The molecule has 1 aliphatic carbocycles. The van der Waals surface area contributed by atoms with Crippen LogP contribution < -0.4 is 9.62 Å². The van der Waals surface area contributed by atoms with Crippen LogP contribution in [0, 0.1) is 19.7 Å². The number of halogens is 1. The molecular weight excluding hydrogens is 614 g/mol. The molecule has 1 aliphatic rings. The molecule has 0 aromatic heterocycles. The lowest BCUT2D eigenvalue weighted by atomic mass is 9.94. The molecule has 4 aromatic carbocycles. The number of nitrogens with one attached hydrogen (secondary N) is 1. The van der Waals surface area contributed by atoms with Crippen molar-refractivity contribution in [3.8, 4) is 0 Å². The first-order valence-electron chi connectivity index (χ1n) is 16.1. The molecule has 47 heavy (non-hydrogen) atoms. The Kier molecular flexibility index (Phi) is 11.1. The summed E-state index contributed by atoms with van der Waals surface area (Å²) >= 11 is 0. The lowest BCUT2D eigenvalue weighted by Gasteiger charge is -2.35. The number of carbonyl (C=O) groups excluding carboxylic acids is 2. The molecule has 1 saturated carbocycles. The fraction of sp³-hybridized carbons (Fsp3) is 0.316. The topological polar surface area (TPSA) is 86.8 Å². The second kappa shape index (κ2) is 15.4. The molecule has 1 N–H and O–H groups in total. The van der Waals surface area contributed by atoms with Gasteiger partial charge in [-0.3, -0.25) is 13.9 Å². The average molecular weight is 656 g/mol. The summed E-state index contributed by atoms with van der Waals surface area (Å²) in [6.07, 6.45) is 5.00. The molecule has 0 bridgehead atoms. The molecule has 7 nitrogen and oxygen atoms in total. The van der Waals surface area contributed by atoms with Gasteiger partial charge in [0.1, 0.15) is 18.4 Å². The Balaban J connectivity index is 1.58. The van der Waals surface area contributed by atoms with Gasteiger partial charge in [0.15, 0.2) is 0 Å². The van der Waals surface area contributed by atoms with Gasteiger partial charge in [-0.1, -0.05) is 92.1 Å². The lowest BCUT2D eigenvalue weighted by molar-refractivity contribution is -0.140. The van der Waals surface area contributed by atoms with E-state index in [-0.39, 0.29) is 35.4 Å². The third-order valence-electron chi connectivity index (χ3n) is 8.63.